The fourth-order valence-electron chi connectivity index (χ4n) is 4.46. The summed E-state index contributed by atoms with van der Waals surface area (Å²) < 4.78 is 56.4. The molecule has 1 atom stereocenters. The molecule has 5 aromatic rings. The van der Waals surface area contributed by atoms with E-state index >= 15 is 0 Å². The SMILES string of the molecule is Cn1nc(NS(C)(=O)=O)c2c(Cl)ccc(-c3cc4scnc4nc3C(Cc3cc(F)cc(F)c3)NC(=O)O)c21. The van der Waals surface area contributed by atoms with Gasteiger partial charge >= 0.3 is 6.09 Å². The minimum absolute atomic E-state index is 0.0191. The minimum Gasteiger partial charge on any atom is -0.465 e. The summed E-state index contributed by atoms with van der Waals surface area (Å²) >= 11 is 7.79. The van der Waals surface area contributed by atoms with Crippen LogP contribution in [0, 0.1) is 11.6 Å². The van der Waals surface area contributed by atoms with Crippen molar-refractivity contribution in [3.63, 3.8) is 0 Å². The first-order chi connectivity index (χ1) is 18.4. The van der Waals surface area contributed by atoms with Crippen molar-refractivity contribution in [1.82, 2.24) is 25.1 Å². The molecule has 1 amide bonds. The van der Waals surface area contributed by atoms with Gasteiger partial charge < -0.3 is 10.4 Å². The Kier molecular flexibility index (Phi) is 6.86. The maximum atomic E-state index is 14.0. The number of sulfonamides is 1. The van der Waals surface area contributed by atoms with Crippen LogP contribution in [0.3, 0.4) is 0 Å². The lowest BCUT2D eigenvalue weighted by molar-refractivity contribution is 0.189. The van der Waals surface area contributed by atoms with Crippen molar-refractivity contribution in [2.45, 2.75) is 12.5 Å². The first-order valence-electron chi connectivity index (χ1n) is 11.2. The van der Waals surface area contributed by atoms with Crippen LogP contribution in [0.1, 0.15) is 17.3 Å². The number of hydrogen-bond acceptors (Lipinski definition) is 7. The van der Waals surface area contributed by atoms with Crippen LogP contribution in [0.5, 0.6) is 0 Å². The number of fused-ring (bicyclic) bond motifs is 2. The number of aryl methyl sites for hydroxylation is 1. The van der Waals surface area contributed by atoms with Crippen molar-refractivity contribution in [3.05, 3.63) is 69.8 Å². The predicted octanol–water partition coefficient (Wildman–Crippen LogP) is 5.10. The second kappa shape index (κ2) is 10.0. The normalized spacial score (nSPS) is 12.6. The van der Waals surface area contributed by atoms with Crippen LogP contribution in [-0.2, 0) is 23.5 Å². The highest BCUT2D eigenvalue weighted by Gasteiger charge is 2.26. The summed E-state index contributed by atoms with van der Waals surface area (Å²) in [6, 6.07) is 6.94. The number of rotatable bonds is 7. The number of benzene rings is 2. The molecule has 15 heteroatoms. The number of hydrogen-bond donors (Lipinski definition) is 3. The molecule has 5 rings (SSSR count). The molecule has 3 aromatic heterocycles. The molecule has 10 nitrogen and oxygen atoms in total. The second-order valence-corrected chi connectivity index (χ2v) is 11.8. The van der Waals surface area contributed by atoms with Crippen molar-refractivity contribution < 1.29 is 27.1 Å². The van der Waals surface area contributed by atoms with E-state index in [1.165, 1.54) is 16.0 Å². The summed E-state index contributed by atoms with van der Waals surface area (Å²) in [5.74, 6) is -1.59. The first kappa shape index (κ1) is 26.7. The number of nitrogens with zero attached hydrogens (tertiary/aromatic N) is 4. The Bertz CT molecular complexity index is 1860. The third kappa shape index (κ3) is 5.48. The van der Waals surface area contributed by atoms with Crippen molar-refractivity contribution in [1.29, 1.82) is 0 Å². The third-order valence-corrected chi connectivity index (χ3v) is 7.50. The zero-order valence-electron chi connectivity index (χ0n) is 20.2. The van der Waals surface area contributed by atoms with E-state index in [1.54, 1.807) is 30.8 Å². The molecule has 39 heavy (non-hydrogen) atoms. The predicted molar refractivity (Wildman–Crippen MR) is 145 cm³/mol. The highest BCUT2D eigenvalue weighted by Crippen LogP contribution is 2.41. The van der Waals surface area contributed by atoms with Crippen LogP contribution in [0.2, 0.25) is 5.02 Å². The summed E-state index contributed by atoms with van der Waals surface area (Å²) in [6.45, 7) is 0. The molecule has 1 unspecified atom stereocenters. The smallest absolute Gasteiger partial charge is 0.405 e. The molecule has 0 bridgehead atoms. The number of amides is 1. The van der Waals surface area contributed by atoms with Gasteiger partial charge in [0.25, 0.3) is 0 Å². The lowest BCUT2D eigenvalue weighted by atomic mass is 9.94. The topological polar surface area (TPSA) is 139 Å². The number of carbonyl (C=O) groups is 1. The molecule has 0 spiro atoms. The van der Waals surface area contributed by atoms with E-state index < -0.39 is 33.8 Å². The minimum atomic E-state index is -3.69. The van der Waals surface area contributed by atoms with E-state index in [-0.39, 0.29) is 28.5 Å². The van der Waals surface area contributed by atoms with Gasteiger partial charge in [-0.25, -0.2) is 32.0 Å². The van der Waals surface area contributed by atoms with Gasteiger partial charge in [-0.1, -0.05) is 17.7 Å². The number of thiazole rings is 1. The quantitative estimate of drug-likeness (QED) is 0.239. The third-order valence-electron chi connectivity index (χ3n) is 5.85. The van der Waals surface area contributed by atoms with Crippen LogP contribution in [0.15, 0.2) is 41.9 Å². The van der Waals surface area contributed by atoms with Gasteiger partial charge in [-0.15, -0.1) is 11.3 Å². The van der Waals surface area contributed by atoms with Gasteiger partial charge in [0.1, 0.15) is 11.6 Å². The average Bonchev–Trinajstić information content (AvgIpc) is 3.40. The van der Waals surface area contributed by atoms with Crippen molar-refractivity contribution in [2.75, 3.05) is 11.0 Å². The van der Waals surface area contributed by atoms with E-state index in [1.807, 2.05) is 0 Å². The number of pyridine rings is 1. The van der Waals surface area contributed by atoms with Crippen molar-refractivity contribution >= 4 is 66.1 Å². The Hall–Kier alpha value is -3.88. The van der Waals surface area contributed by atoms with E-state index in [0.29, 0.717) is 32.4 Å². The molecule has 0 radical (unpaired) electrons. The van der Waals surface area contributed by atoms with E-state index in [4.69, 9.17) is 11.6 Å². The molecule has 0 aliphatic rings. The van der Waals surface area contributed by atoms with Crippen LogP contribution in [0.4, 0.5) is 19.4 Å². The van der Waals surface area contributed by atoms with Gasteiger partial charge in [0.05, 0.1) is 44.1 Å². The number of aromatic nitrogens is 4. The Morgan fingerprint density at radius 1 is 1.18 bits per heavy atom. The van der Waals surface area contributed by atoms with Gasteiger partial charge in [-0.05, 0) is 36.2 Å². The molecule has 2 aromatic carbocycles. The van der Waals surface area contributed by atoms with E-state index in [2.05, 4.69) is 25.1 Å². The van der Waals surface area contributed by atoms with E-state index in [9.17, 15) is 27.1 Å². The van der Waals surface area contributed by atoms with Crippen molar-refractivity contribution in [2.24, 2.45) is 7.05 Å². The largest absolute Gasteiger partial charge is 0.465 e. The molecule has 0 fully saturated rings. The highest BCUT2D eigenvalue weighted by molar-refractivity contribution is 7.92. The second-order valence-electron chi connectivity index (χ2n) is 8.74. The summed E-state index contributed by atoms with van der Waals surface area (Å²) in [5, 5.41) is 16.9. The maximum absolute atomic E-state index is 14.0. The first-order valence-corrected chi connectivity index (χ1v) is 14.4. The monoisotopic (exact) mass is 592 g/mol. The molecule has 0 saturated carbocycles. The zero-order valence-corrected chi connectivity index (χ0v) is 22.6. The van der Waals surface area contributed by atoms with Crippen LogP contribution in [0.25, 0.3) is 32.4 Å². The Morgan fingerprint density at radius 3 is 2.56 bits per heavy atom. The van der Waals surface area contributed by atoms with Gasteiger partial charge in [0.2, 0.25) is 10.0 Å². The van der Waals surface area contributed by atoms with Gasteiger partial charge in [-0.3, -0.25) is 9.40 Å². The zero-order chi connectivity index (χ0) is 28.1. The summed E-state index contributed by atoms with van der Waals surface area (Å²) in [7, 11) is -2.08. The lowest BCUT2D eigenvalue weighted by Gasteiger charge is -2.21. The van der Waals surface area contributed by atoms with Crippen LogP contribution >= 0.6 is 22.9 Å². The molecular weight excluding hydrogens is 574 g/mol. The Morgan fingerprint density at radius 2 is 1.90 bits per heavy atom. The fourth-order valence-corrected chi connectivity index (χ4v) is 5.86. The molecule has 0 aliphatic heterocycles. The molecule has 0 aliphatic carbocycles. The number of halogens is 3. The van der Waals surface area contributed by atoms with Gasteiger partial charge in [0, 0.05) is 24.2 Å². The van der Waals surface area contributed by atoms with Gasteiger partial charge in [-0.2, -0.15) is 5.10 Å². The van der Waals surface area contributed by atoms with Crippen LogP contribution < -0.4 is 10.0 Å². The molecule has 202 valence electrons. The van der Waals surface area contributed by atoms with Crippen LogP contribution in [-0.4, -0.2) is 45.6 Å². The molecule has 0 saturated heterocycles. The van der Waals surface area contributed by atoms with Crippen molar-refractivity contribution in [3.8, 4) is 11.1 Å². The maximum Gasteiger partial charge on any atom is 0.405 e. The molecule has 3 N–H and O–H groups in total. The number of carboxylic acid groups (broad SMARTS) is 1. The van der Waals surface area contributed by atoms with Gasteiger partial charge in [0.15, 0.2) is 11.5 Å². The highest BCUT2D eigenvalue weighted by atomic mass is 35.5. The number of anilines is 1. The Balaban J connectivity index is 1.77. The Labute approximate surface area is 229 Å². The molecule has 3 heterocycles. The average molecular weight is 593 g/mol. The van der Waals surface area contributed by atoms with E-state index in [0.717, 1.165) is 24.5 Å². The fraction of sp³-hybridized carbons (Fsp3) is 0.167. The summed E-state index contributed by atoms with van der Waals surface area (Å²) in [4.78, 5) is 20.7. The lowest BCUT2D eigenvalue weighted by Crippen LogP contribution is -2.29. The number of nitrogens with one attached hydrogen (secondary N) is 2. The molecular formula is C24H19ClF2N6O4S2. The summed E-state index contributed by atoms with van der Waals surface area (Å²) in [5.41, 5.74) is 3.83. The summed E-state index contributed by atoms with van der Waals surface area (Å²) in [6.07, 6.45) is -0.508. The standard InChI is InChI=1S/C24H19ClF2N6O4S2/c1-33-21-14(3-4-16(25)19(21)23(31-33)32-39(2,36)37)15-9-18-22(28-10-38-18)30-20(15)17(29-24(34)35)7-11-5-12(26)8-13(27)6-11/h3-6,8-10,17,29H,7H2,1-2H3,(H,31,32)(H,34,35).